The van der Waals surface area contributed by atoms with Gasteiger partial charge in [-0.3, -0.25) is 29.0 Å². The second kappa shape index (κ2) is 14.9. The fraction of sp³-hybridized carbons (Fsp3) is 0.500. The molecule has 0 spiro atoms. The first-order valence-corrected chi connectivity index (χ1v) is 13.6. The molecule has 0 bridgehead atoms. The molecule has 8 heteroatoms. The van der Waals surface area contributed by atoms with Gasteiger partial charge in [0.2, 0.25) is 0 Å². The Morgan fingerprint density at radius 3 is 1.48 bits per heavy atom. The summed E-state index contributed by atoms with van der Waals surface area (Å²) in [6.45, 7) is 11.7. The van der Waals surface area contributed by atoms with Crippen LogP contribution in [-0.4, -0.2) is 71.7 Å². The number of aryl methyl sites for hydroxylation is 2. The summed E-state index contributed by atoms with van der Waals surface area (Å²) in [5.74, 6) is -0.858. The summed E-state index contributed by atoms with van der Waals surface area (Å²) in [5.41, 5.74) is 6.32. The lowest BCUT2D eigenvalue weighted by Gasteiger charge is -2.37. The minimum Gasteiger partial charge on any atom is -0.481 e. The van der Waals surface area contributed by atoms with Crippen molar-refractivity contribution in [3.05, 3.63) is 69.8 Å². The Bertz CT molecular complexity index is 1210. The minimum atomic E-state index is -0.709. The van der Waals surface area contributed by atoms with E-state index in [4.69, 9.17) is 9.84 Å². The highest BCUT2D eigenvalue weighted by Gasteiger charge is 2.34. The summed E-state index contributed by atoms with van der Waals surface area (Å²) < 4.78 is 4.74. The van der Waals surface area contributed by atoms with Gasteiger partial charge in [-0.1, -0.05) is 45.5 Å². The fourth-order valence-electron chi connectivity index (χ4n) is 5.01. The Morgan fingerprint density at radius 2 is 1.15 bits per heavy atom. The summed E-state index contributed by atoms with van der Waals surface area (Å²) in [4.78, 5) is 49.2. The van der Waals surface area contributed by atoms with Gasteiger partial charge in [-0.15, -0.1) is 0 Å². The van der Waals surface area contributed by atoms with Crippen LogP contribution in [0.25, 0.3) is 0 Å². The number of carboxylic acids is 1. The van der Waals surface area contributed by atoms with Crippen LogP contribution in [0.2, 0.25) is 0 Å². The van der Waals surface area contributed by atoms with Crippen molar-refractivity contribution in [1.29, 1.82) is 0 Å². The van der Waals surface area contributed by atoms with Crippen LogP contribution in [0.5, 0.6) is 0 Å². The SMILES string of the molecule is C.CCc1cc(C(C)=O)ccc1CN1CC(C(=O)O)C1.CCc1cc(C(C)=O)ccc1CN1CC(C(=O)OC)C1. The van der Waals surface area contributed by atoms with Crippen molar-refractivity contribution in [2.45, 2.75) is 61.1 Å². The largest absolute Gasteiger partial charge is 0.481 e. The number of aliphatic carboxylic acids is 1. The van der Waals surface area contributed by atoms with Gasteiger partial charge in [0.05, 0.1) is 18.9 Å². The number of ketones is 2. The third-order valence-electron chi connectivity index (χ3n) is 7.57. The summed E-state index contributed by atoms with van der Waals surface area (Å²) in [6, 6.07) is 11.7. The molecule has 8 nitrogen and oxygen atoms in total. The first kappa shape index (κ1) is 32.8. The first-order valence-electron chi connectivity index (χ1n) is 13.6. The summed E-state index contributed by atoms with van der Waals surface area (Å²) in [6.07, 6.45) is 1.79. The van der Waals surface area contributed by atoms with Gasteiger partial charge in [0.15, 0.2) is 11.6 Å². The molecule has 218 valence electrons. The highest BCUT2D eigenvalue weighted by Crippen LogP contribution is 2.23. The fourth-order valence-corrected chi connectivity index (χ4v) is 5.01. The number of carboxylic acid groups (broad SMARTS) is 1. The Labute approximate surface area is 238 Å². The molecule has 2 saturated heterocycles. The topological polar surface area (TPSA) is 104 Å². The van der Waals surface area contributed by atoms with Crippen LogP contribution in [0.3, 0.4) is 0 Å². The van der Waals surface area contributed by atoms with E-state index in [0.29, 0.717) is 13.1 Å². The van der Waals surface area contributed by atoms with Crippen molar-refractivity contribution in [2.24, 2.45) is 11.8 Å². The van der Waals surface area contributed by atoms with E-state index in [9.17, 15) is 19.2 Å². The van der Waals surface area contributed by atoms with Gasteiger partial charge in [-0.2, -0.15) is 0 Å². The molecular weight excluding hydrogens is 508 g/mol. The van der Waals surface area contributed by atoms with Crippen molar-refractivity contribution in [1.82, 2.24) is 9.80 Å². The van der Waals surface area contributed by atoms with Crippen LogP contribution in [0.1, 0.15) is 78.1 Å². The molecule has 2 aromatic rings. The lowest BCUT2D eigenvalue weighted by molar-refractivity contribution is -0.151. The molecule has 0 amide bonds. The molecule has 0 atom stereocenters. The molecule has 0 unspecified atom stereocenters. The molecule has 2 heterocycles. The first-order chi connectivity index (χ1) is 18.6. The number of likely N-dealkylation sites (tertiary alicyclic amines) is 2. The Morgan fingerprint density at radius 1 is 0.750 bits per heavy atom. The molecule has 1 N–H and O–H groups in total. The van der Waals surface area contributed by atoms with Crippen molar-refractivity contribution >= 4 is 23.5 Å². The number of benzene rings is 2. The molecule has 2 aliphatic rings. The molecule has 0 aliphatic carbocycles. The molecule has 2 aromatic carbocycles. The predicted molar refractivity (Wildman–Crippen MR) is 156 cm³/mol. The van der Waals surface area contributed by atoms with Gasteiger partial charge in [-0.25, -0.2) is 0 Å². The Kier molecular flexibility index (Phi) is 12.2. The number of nitrogens with zero attached hydrogens (tertiary/aromatic N) is 2. The van der Waals surface area contributed by atoms with Crippen LogP contribution in [0, 0.1) is 11.8 Å². The van der Waals surface area contributed by atoms with Gasteiger partial charge in [0.25, 0.3) is 0 Å². The van der Waals surface area contributed by atoms with Crippen LogP contribution >= 0.6 is 0 Å². The molecule has 2 aliphatic heterocycles. The van der Waals surface area contributed by atoms with E-state index in [-0.39, 0.29) is 36.8 Å². The number of Topliss-reactive ketones (excluding diaryl/α,β-unsaturated/α-hetero) is 2. The highest BCUT2D eigenvalue weighted by molar-refractivity contribution is 5.94. The van der Waals surface area contributed by atoms with Gasteiger partial charge in [0, 0.05) is 50.4 Å². The maximum absolute atomic E-state index is 11.4. The molecule has 40 heavy (non-hydrogen) atoms. The molecule has 0 saturated carbocycles. The van der Waals surface area contributed by atoms with Crippen molar-refractivity contribution in [3.63, 3.8) is 0 Å². The number of hydrogen-bond donors (Lipinski definition) is 1. The van der Waals surface area contributed by atoms with E-state index in [0.717, 1.165) is 50.1 Å². The molecule has 0 radical (unpaired) electrons. The van der Waals surface area contributed by atoms with E-state index < -0.39 is 5.97 Å². The summed E-state index contributed by atoms with van der Waals surface area (Å²) in [7, 11) is 1.43. The number of carbonyl (C=O) groups is 4. The van der Waals surface area contributed by atoms with Crippen LogP contribution in [0.4, 0.5) is 0 Å². The van der Waals surface area contributed by atoms with Crippen LogP contribution in [0.15, 0.2) is 36.4 Å². The Balaban J connectivity index is 0.000000274. The van der Waals surface area contributed by atoms with E-state index in [1.807, 2.05) is 36.4 Å². The molecule has 0 aromatic heterocycles. The lowest BCUT2D eigenvalue weighted by Crippen LogP contribution is -2.50. The van der Waals surface area contributed by atoms with E-state index >= 15 is 0 Å². The second-order valence-electron chi connectivity index (χ2n) is 10.4. The van der Waals surface area contributed by atoms with Gasteiger partial charge in [0.1, 0.15) is 0 Å². The maximum Gasteiger partial charge on any atom is 0.311 e. The van der Waals surface area contributed by atoms with Crippen LogP contribution < -0.4 is 0 Å². The number of ether oxygens (including phenoxy) is 1. The minimum absolute atomic E-state index is 0. The summed E-state index contributed by atoms with van der Waals surface area (Å²) >= 11 is 0. The number of rotatable bonds is 10. The average molecular weight is 553 g/mol. The maximum atomic E-state index is 11.4. The number of carbonyl (C=O) groups excluding carboxylic acids is 3. The lowest BCUT2D eigenvalue weighted by atomic mass is 9.96. The number of esters is 1. The van der Waals surface area contributed by atoms with E-state index in [2.05, 4.69) is 23.6 Å². The molecule has 4 rings (SSSR count). The predicted octanol–water partition coefficient (Wildman–Crippen LogP) is 4.66. The zero-order valence-corrected chi connectivity index (χ0v) is 23.7. The van der Waals surface area contributed by atoms with E-state index in [1.54, 1.807) is 13.8 Å². The number of hydrogen-bond acceptors (Lipinski definition) is 7. The molecular formula is C32H44N2O6. The van der Waals surface area contributed by atoms with Crippen molar-refractivity contribution in [3.8, 4) is 0 Å². The smallest absolute Gasteiger partial charge is 0.311 e. The quantitative estimate of drug-likeness (QED) is 0.335. The van der Waals surface area contributed by atoms with E-state index in [1.165, 1.54) is 29.4 Å². The van der Waals surface area contributed by atoms with Crippen molar-refractivity contribution < 1.29 is 29.0 Å². The molecule has 2 fully saturated rings. The zero-order chi connectivity index (χ0) is 28.7. The standard InChI is InChI=1S/C16H21NO3.C15H19NO3.CH4/c1-4-12-7-13(11(2)18)5-6-14(12)8-17-9-15(10-17)16(19)20-3;1-3-11-6-12(10(2)17)4-5-13(11)7-16-8-14(9-16)15(18)19;/h5-7,15H,4,8-10H2,1-3H3;4-6,14H,3,7-9H2,1-2H3,(H,18,19);1H4. The normalized spacial score (nSPS) is 15.5. The second-order valence-corrected chi connectivity index (χ2v) is 10.4. The third-order valence-corrected chi connectivity index (χ3v) is 7.57. The highest BCUT2D eigenvalue weighted by atomic mass is 16.5. The van der Waals surface area contributed by atoms with Gasteiger partial charge >= 0.3 is 11.9 Å². The number of methoxy groups -OCH3 is 1. The average Bonchev–Trinajstić information content (AvgIpc) is 2.87. The van der Waals surface area contributed by atoms with Crippen molar-refractivity contribution in [2.75, 3.05) is 33.3 Å². The monoisotopic (exact) mass is 552 g/mol. The van der Waals surface area contributed by atoms with Gasteiger partial charge < -0.3 is 9.84 Å². The summed E-state index contributed by atoms with van der Waals surface area (Å²) in [5, 5.41) is 8.85. The third kappa shape index (κ3) is 8.32. The Hall–Kier alpha value is -3.36. The van der Waals surface area contributed by atoms with Crippen LogP contribution in [-0.2, 0) is 40.3 Å². The zero-order valence-electron chi connectivity index (χ0n) is 23.7. The van der Waals surface area contributed by atoms with Gasteiger partial charge in [-0.05, 0) is 61.1 Å².